The minimum absolute atomic E-state index is 0.0195. The van der Waals surface area contributed by atoms with Gasteiger partial charge in [0.15, 0.2) is 12.4 Å². The molecule has 0 aliphatic heterocycles. The lowest BCUT2D eigenvalue weighted by molar-refractivity contribution is -0.151. The standard InChI is InChI=1S/C12H16N2O5/c1-3-5-6-7-9(15)8-19-12(17)10(14-13)11(16)18-4-2/h3H,1,4-8H2,2H3. The zero-order valence-corrected chi connectivity index (χ0v) is 10.8. The molecule has 0 amide bonds. The second kappa shape index (κ2) is 9.73. The average Bonchev–Trinajstić information content (AvgIpc) is 2.38. The maximum Gasteiger partial charge on any atom is 0.482 e. The number of nitrogens with zero attached hydrogens (tertiary/aromatic N) is 2. The van der Waals surface area contributed by atoms with E-state index in [1.165, 1.54) is 6.92 Å². The first-order valence-electron chi connectivity index (χ1n) is 5.75. The largest absolute Gasteiger partial charge is 0.482 e. The van der Waals surface area contributed by atoms with Gasteiger partial charge >= 0.3 is 17.7 Å². The molecule has 7 nitrogen and oxygen atoms in total. The van der Waals surface area contributed by atoms with Crippen molar-refractivity contribution < 1.29 is 28.6 Å². The summed E-state index contributed by atoms with van der Waals surface area (Å²) < 4.78 is 9.02. The molecule has 0 saturated heterocycles. The second-order valence-corrected chi connectivity index (χ2v) is 3.46. The Morgan fingerprint density at radius 3 is 2.42 bits per heavy atom. The molecule has 0 bridgehead atoms. The van der Waals surface area contributed by atoms with Crippen molar-refractivity contribution in [2.75, 3.05) is 13.2 Å². The number of allylic oxidation sites excluding steroid dienone is 1. The monoisotopic (exact) mass is 268 g/mol. The van der Waals surface area contributed by atoms with Crippen LogP contribution in [0.25, 0.3) is 5.53 Å². The minimum atomic E-state index is -1.20. The molecule has 0 atom stereocenters. The fourth-order valence-electron chi connectivity index (χ4n) is 1.09. The van der Waals surface area contributed by atoms with Crippen LogP contribution in [0.1, 0.15) is 26.2 Å². The number of hydrogen-bond donors (Lipinski definition) is 0. The third kappa shape index (κ3) is 6.90. The molecule has 0 aromatic carbocycles. The van der Waals surface area contributed by atoms with Gasteiger partial charge in [-0.25, -0.2) is 9.59 Å². The number of rotatable bonds is 9. The molecule has 0 unspecified atom stereocenters. The summed E-state index contributed by atoms with van der Waals surface area (Å²) in [4.78, 5) is 36.3. The lowest BCUT2D eigenvalue weighted by Crippen LogP contribution is -2.30. The topological polar surface area (TPSA) is 106 Å². The molecule has 104 valence electrons. The molecule has 0 heterocycles. The number of ketones is 1. The van der Waals surface area contributed by atoms with E-state index in [0.717, 1.165) is 0 Å². The van der Waals surface area contributed by atoms with Crippen molar-refractivity contribution in [2.45, 2.75) is 26.2 Å². The maximum absolute atomic E-state index is 11.3. The quantitative estimate of drug-likeness (QED) is 0.116. The first-order chi connectivity index (χ1) is 9.06. The van der Waals surface area contributed by atoms with Gasteiger partial charge in [-0.15, -0.1) is 6.58 Å². The Labute approximate surface area is 110 Å². The zero-order valence-electron chi connectivity index (χ0n) is 10.8. The van der Waals surface area contributed by atoms with E-state index in [0.29, 0.717) is 12.8 Å². The molecular formula is C12H16N2O5. The molecule has 0 spiro atoms. The normalized spacial score (nSPS) is 9.11. The van der Waals surface area contributed by atoms with E-state index < -0.39 is 24.3 Å². The number of carbonyl (C=O) groups is 3. The molecular weight excluding hydrogens is 252 g/mol. The lowest BCUT2D eigenvalue weighted by atomic mass is 10.2. The van der Waals surface area contributed by atoms with Crippen LogP contribution >= 0.6 is 0 Å². The predicted octanol–water partition coefficient (Wildman–Crippen LogP) is 0.689. The van der Waals surface area contributed by atoms with E-state index in [9.17, 15) is 14.4 Å². The van der Waals surface area contributed by atoms with Gasteiger partial charge in [0.2, 0.25) is 0 Å². The number of ether oxygens (including phenoxy) is 2. The first kappa shape index (κ1) is 16.7. The van der Waals surface area contributed by atoms with Crippen molar-refractivity contribution in [2.24, 2.45) is 0 Å². The summed E-state index contributed by atoms with van der Waals surface area (Å²) in [7, 11) is 0. The van der Waals surface area contributed by atoms with Gasteiger partial charge in [0.25, 0.3) is 0 Å². The molecule has 0 N–H and O–H groups in total. The van der Waals surface area contributed by atoms with E-state index in [2.05, 4.69) is 20.8 Å². The van der Waals surface area contributed by atoms with Gasteiger partial charge in [0.05, 0.1) is 6.61 Å². The maximum atomic E-state index is 11.3. The van der Waals surface area contributed by atoms with Crippen LogP contribution in [0.15, 0.2) is 12.7 Å². The first-order valence-corrected chi connectivity index (χ1v) is 5.75. The van der Waals surface area contributed by atoms with Crippen LogP contribution < -0.4 is 0 Å². The molecule has 0 aliphatic carbocycles. The van der Waals surface area contributed by atoms with Gasteiger partial charge in [-0.1, -0.05) is 6.08 Å². The molecule has 0 aliphatic rings. The highest BCUT2D eigenvalue weighted by molar-refractivity contribution is 6.60. The van der Waals surface area contributed by atoms with Crippen molar-refractivity contribution in [3.8, 4) is 0 Å². The van der Waals surface area contributed by atoms with Gasteiger partial charge < -0.3 is 15.0 Å². The Morgan fingerprint density at radius 2 is 1.89 bits per heavy atom. The highest BCUT2D eigenvalue weighted by Gasteiger charge is 2.33. The summed E-state index contributed by atoms with van der Waals surface area (Å²) >= 11 is 0. The van der Waals surface area contributed by atoms with E-state index in [-0.39, 0.29) is 18.8 Å². The SMILES string of the molecule is C=CCCCC(=O)COC(=O)C(=[N+]=[N-])C(=O)OCC. The fraction of sp³-hybridized carbons (Fsp3) is 0.500. The summed E-state index contributed by atoms with van der Waals surface area (Å²) in [5.74, 6) is -2.59. The molecule has 19 heavy (non-hydrogen) atoms. The summed E-state index contributed by atoms with van der Waals surface area (Å²) in [5, 5.41) is 0. The molecule has 0 saturated carbocycles. The van der Waals surface area contributed by atoms with E-state index in [4.69, 9.17) is 5.53 Å². The predicted molar refractivity (Wildman–Crippen MR) is 65.3 cm³/mol. The molecule has 0 radical (unpaired) electrons. The second-order valence-electron chi connectivity index (χ2n) is 3.46. The summed E-state index contributed by atoms with van der Waals surface area (Å²) in [6.07, 6.45) is 3.21. The van der Waals surface area contributed by atoms with Crippen LogP contribution in [-0.2, 0) is 23.9 Å². The third-order valence-corrected chi connectivity index (χ3v) is 1.99. The van der Waals surface area contributed by atoms with Crippen LogP contribution in [0.5, 0.6) is 0 Å². The Hall–Kier alpha value is -2.27. The number of Topliss-reactive ketones (excluding diaryl/α,β-unsaturated/α-hetero) is 1. The summed E-state index contributed by atoms with van der Waals surface area (Å²) in [6, 6.07) is 0. The number of hydrogen-bond acceptors (Lipinski definition) is 5. The third-order valence-electron chi connectivity index (χ3n) is 1.99. The van der Waals surface area contributed by atoms with Crippen LogP contribution in [0.3, 0.4) is 0 Å². The van der Waals surface area contributed by atoms with Crippen molar-refractivity contribution >= 4 is 23.4 Å². The van der Waals surface area contributed by atoms with Crippen molar-refractivity contribution in [3.05, 3.63) is 18.2 Å². The number of unbranched alkanes of at least 4 members (excludes halogenated alkanes) is 1. The Bertz CT molecular complexity index is 410. The van der Waals surface area contributed by atoms with E-state index in [1.807, 2.05) is 0 Å². The Kier molecular flexibility index (Phi) is 8.57. The van der Waals surface area contributed by atoms with E-state index >= 15 is 0 Å². The van der Waals surface area contributed by atoms with E-state index in [1.54, 1.807) is 6.08 Å². The molecule has 0 rings (SSSR count). The van der Waals surface area contributed by atoms with Crippen molar-refractivity contribution in [3.63, 3.8) is 0 Å². The number of carbonyl (C=O) groups excluding carboxylic acids is 3. The number of esters is 2. The van der Waals surface area contributed by atoms with Crippen molar-refractivity contribution in [1.29, 1.82) is 0 Å². The van der Waals surface area contributed by atoms with Gasteiger partial charge in [-0.3, -0.25) is 4.79 Å². The molecule has 0 fully saturated rings. The highest BCUT2D eigenvalue weighted by Crippen LogP contribution is 1.98. The van der Waals surface area contributed by atoms with Gasteiger partial charge in [-0.2, -0.15) is 4.79 Å². The Morgan fingerprint density at radius 1 is 1.26 bits per heavy atom. The fourth-order valence-corrected chi connectivity index (χ4v) is 1.09. The van der Waals surface area contributed by atoms with Gasteiger partial charge in [0, 0.05) is 6.42 Å². The average molecular weight is 268 g/mol. The van der Waals surface area contributed by atoms with Crippen molar-refractivity contribution in [1.82, 2.24) is 0 Å². The highest BCUT2D eigenvalue weighted by atomic mass is 16.6. The van der Waals surface area contributed by atoms with Crippen LogP contribution in [0.2, 0.25) is 0 Å². The molecule has 0 aromatic rings. The van der Waals surface area contributed by atoms with Crippen LogP contribution in [0.4, 0.5) is 0 Å². The van der Waals surface area contributed by atoms with Gasteiger partial charge in [0.1, 0.15) is 0 Å². The molecule has 7 heteroatoms. The van der Waals surface area contributed by atoms with Gasteiger partial charge in [-0.05, 0) is 19.8 Å². The summed E-state index contributed by atoms with van der Waals surface area (Å²) in [5.41, 5.74) is 7.63. The lowest BCUT2D eigenvalue weighted by Gasteiger charge is -2.01. The van der Waals surface area contributed by atoms with Crippen LogP contribution in [0, 0.1) is 0 Å². The molecule has 0 aromatic heterocycles. The Balaban J connectivity index is 4.22. The van der Waals surface area contributed by atoms with Crippen LogP contribution in [-0.4, -0.2) is 41.4 Å². The smallest absolute Gasteiger partial charge is 0.457 e. The summed E-state index contributed by atoms with van der Waals surface area (Å²) in [6.45, 7) is 4.58. The zero-order chi connectivity index (χ0) is 14.7. The minimum Gasteiger partial charge on any atom is -0.457 e.